The van der Waals surface area contributed by atoms with Crippen LogP contribution in [0.1, 0.15) is 129 Å². The van der Waals surface area contributed by atoms with E-state index in [-0.39, 0.29) is 6.42 Å². The molecule has 0 aromatic carbocycles. The molecule has 4 nitrogen and oxygen atoms in total. The Hall–Kier alpha value is -1.06. The maximum atomic E-state index is 11.4. The smallest absolute Gasteiger partial charge is 0.247 e. The Labute approximate surface area is 161 Å². The Morgan fingerprint density at radius 1 is 0.462 bits per heavy atom. The van der Waals surface area contributed by atoms with Crippen LogP contribution in [0.3, 0.4) is 0 Å². The van der Waals surface area contributed by atoms with Gasteiger partial charge in [0.2, 0.25) is 0 Å². The topological polar surface area (TPSA) is 52.6 Å². The van der Waals surface area contributed by atoms with Crippen LogP contribution < -0.4 is 0 Å². The van der Waals surface area contributed by atoms with E-state index < -0.39 is 11.9 Å². The third kappa shape index (κ3) is 19.3. The summed E-state index contributed by atoms with van der Waals surface area (Å²) in [6, 6.07) is 0. The number of carbonyl (C=O) groups is 2. The minimum atomic E-state index is -0.475. The molecule has 4 heteroatoms. The van der Waals surface area contributed by atoms with Crippen LogP contribution in [0.25, 0.3) is 0 Å². The lowest BCUT2D eigenvalue weighted by atomic mass is 10.0. The minimum absolute atomic E-state index is 0.284. The van der Waals surface area contributed by atoms with Gasteiger partial charge in [0.25, 0.3) is 0 Å². The second-order valence-electron chi connectivity index (χ2n) is 7.36. The summed E-state index contributed by atoms with van der Waals surface area (Å²) in [5.41, 5.74) is 0. The first-order valence-corrected chi connectivity index (χ1v) is 11.1. The van der Waals surface area contributed by atoms with Crippen molar-refractivity contribution in [3.8, 4) is 0 Å². The van der Waals surface area contributed by atoms with Gasteiger partial charge < -0.3 is 0 Å². The highest BCUT2D eigenvalue weighted by molar-refractivity contribution is 5.72. The number of unbranched alkanes of at least 4 members (excludes halogenated alkanes) is 14. The minimum Gasteiger partial charge on any atom is -0.247 e. The number of hydrogen-bond donors (Lipinski definition) is 0. The summed E-state index contributed by atoms with van der Waals surface area (Å²) in [5, 5.41) is 0. The van der Waals surface area contributed by atoms with Crippen LogP contribution in [0.2, 0.25) is 0 Å². The normalized spacial score (nSPS) is 10.7. The van der Waals surface area contributed by atoms with Crippen LogP contribution in [-0.4, -0.2) is 11.9 Å². The molecule has 0 rings (SSSR count). The molecule has 0 unspecified atom stereocenters. The maximum absolute atomic E-state index is 11.4. The van der Waals surface area contributed by atoms with Crippen molar-refractivity contribution >= 4 is 11.9 Å². The van der Waals surface area contributed by atoms with Gasteiger partial charge in [0.05, 0.1) is 6.42 Å². The zero-order chi connectivity index (χ0) is 19.3. The predicted octanol–water partition coefficient (Wildman–Crippen LogP) is 7.05. The van der Waals surface area contributed by atoms with Gasteiger partial charge in [0.1, 0.15) is 0 Å². The summed E-state index contributed by atoms with van der Waals surface area (Å²) in [6.45, 7) is 4.14. The average Bonchev–Trinajstić information content (AvgIpc) is 2.63. The van der Waals surface area contributed by atoms with Gasteiger partial charge in [-0.1, -0.05) is 104 Å². The fourth-order valence-electron chi connectivity index (χ4n) is 3.02. The SMILES string of the molecule is CCCCCCCCCCCCCCCCCC(=O)OOC(=O)CCC. The monoisotopic (exact) mass is 370 g/mol. The highest BCUT2D eigenvalue weighted by atomic mass is 17.2. The van der Waals surface area contributed by atoms with E-state index in [0.29, 0.717) is 12.8 Å². The highest BCUT2D eigenvalue weighted by Crippen LogP contribution is 2.13. The molecule has 0 aliphatic heterocycles. The van der Waals surface area contributed by atoms with Gasteiger partial charge in [0, 0.05) is 6.42 Å². The Kier molecular flexibility index (Phi) is 19.4. The molecule has 0 aliphatic rings. The Balaban J connectivity index is 3.17. The number of hydrogen-bond acceptors (Lipinski definition) is 4. The molecule has 0 N–H and O–H groups in total. The highest BCUT2D eigenvalue weighted by Gasteiger charge is 2.08. The first-order chi connectivity index (χ1) is 12.7. The lowest BCUT2D eigenvalue weighted by Crippen LogP contribution is -2.10. The molecule has 0 aromatic rings. The molecule has 0 spiro atoms. The van der Waals surface area contributed by atoms with Gasteiger partial charge >= 0.3 is 11.9 Å². The standard InChI is InChI=1S/C22H42O4/c1-3-5-6-7-8-9-10-11-12-13-14-15-16-17-18-20-22(24)26-25-21(23)19-4-2/h3-20H2,1-2H3. The first kappa shape index (κ1) is 24.9. The van der Waals surface area contributed by atoms with E-state index in [4.69, 9.17) is 0 Å². The van der Waals surface area contributed by atoms with Crippen molar-refractivity contribution in [2.24, 2.45) is 0 Å². The summed E-state index contributed by atoms with van der Waals surface area (Å²) in [7, 11) is 0. The third-order valence-electron chi connectivity index (χ3n) is 4.67. The molecule has 26 heavy (non-hydrogen) atoms. The fraction of sp³-hybridized carbons (Fsp3) is 0.909. The molecular formula is C22H42O4. The molecule has 0 amide bonds. The van der Waals surface area contributed by atoms with E-state index in [2.05, 4.69) is 16.7 Å². The van der Waals surface area contributed by atoms with Crippen LogP contribution in [0.4, 0.5) is 0 Å². The van der Waals surface area contributed by atoms with Gasteiger partial charge in [-0.3, -0.25) is 0 Å². The number of carbonyl (C=O) groups excluding carboxylic acids is 2. The lowest BCUT2D eigenvalue weighted by Gasteiger charge is -2.04. The van der Waals surface area contributed by atoms with Crippen molar-refractivity contribution in [1.82, 2.24) is 0 Å². The second-order valence-corrected chi connectivity index (χ2v) is 7.36. The van der Waals surface area contributed by atoms with Crippen LogP contribution in [-0.2, 0) is 19.4 Å². The lowest BCUT2D eigenvalue weighted by molar-refractivity contribution is -0.259. The average molecular weight is 371 g/mol. The molecule has 0 atom stereocenters. The zero-order valence-corrected chi connectivity index (χ0v) is 17.4. The quantitative estimate of drug-likeness (QED) is 0.147. The summed E-state index contributed by atoms with van der Waals surface area (Å²) >= 11 is 0. The summed E-state index contributed by atoms with van der Waals surface area (Å²) < 4.78 is 0. The number of rotatable bonds is 18. The van der Waals surface area contributed by atoms with E-state index in [1.165, 1.54) is 83.5 Å². The largest absolute Gasteiger partial charge is 0.355 e. The summed E-state index contributed by atoms with van der Waals surface area (Å²) in [6.07, 6.45) is 20.7. The summed E-state index contributed by atoms with van der Waals surface area (Å²) in [5.74, 6) is -0.915. The Bertz CT molecular complexity index is 328. The van der Waals surface area contributed by atoms with E-state index in [0.717, 1.165) is 12.8 Å². The van der Waals surface area contributed by atoms with Gasteiger partial charge in [-0.15, -0.1) is 0 Å². The third-order valence-corrected chi connectivity index (χ3v) is 4.67. The van der Waals surface area contributed by atoms with Crippen LogP contribution in [0, 0.1) is 0 Å². The molecule has 0 aromatic heterocycles. The van der Waals surface area contributed by atoms with Gasteiger partial charge in [-0.25, -0.2) is 19.4 Å². The molecule has 0 radical (unpaired) electrons. The molecule has 0 saturated carbocycles. The second kappa shape index (κ2) is 20.3. The Morgan fingerprint density at radius 3 is 1.19 bits per heavy atom. The van der Waals surface area contributed by atoms with E-state index in [1.54, 1.807) is 0 Å². The summed E-state index contributed by atoms with van der Waals surface area (Å²) in [4.78, 5) is 31.4. The molecule has 0 aliphatic carbocycles. The van der Waals surface area contributed by atoms with E-state index in [9.17, 15) is 9.59 Å². The van der Waals surface area contributed by atoms with Crippen LogP contribution in [0.15, 0.2) is 0 Å². The van der Waals surface area contributed by atoms with Crippen LogP contribution in [0.5, 0.6) is 0 Å². The predicted molar refractivity (Wildman–Crippen MR) is 107 cm³/mol. The molecule has 0 bridgehead atoms. The fourth-order valence-corrected chi connectivity index (χ4v) is 3.02. The molecule has 0 heterocycles. The van der Waals surface area contributed by atoms with Crippen molar-refractivity contribution in [2.45, 2.75) is 129 Å². The van der Waals surface area contributed by atoms with E-state index in [1.807, 2.05) is 6.92 Å². The van der Waals surface area contributed by atoms with Crippen LogP contribution >= 0.6 is 0 Å². The molecule has 0 fully saturated rings. The maximum Gasteiger partial charge on any atom is 0.355 e. The van der Waals surface area contributed by atoms with Crippen molar-refractivity contribution in [3.63, 3.8) is 0 Å². The molecular weight excluding hydrogens is 328 g/mol. The van der Waals surface area contributed by atoms with Crippen molar-refractivity contribution in [2.75, 3.05) is 0 Å². The zero-order valence-electron chi connectivity index (χ0n) is 17.4. The van der Waals surface area contributed by atoms with Crippen molar-refractivity contribution < 1.29 is 19.4 Å². The van der Waals surface area contributed by atoms with Gasteiger partial charge in [-0.2, -0.15) is 0 Å². The van der Waals surface area contributed by atoms with Crippen molar-refractivity contribution in [3.05, 3.63) is 0 Å². The van der Waals surface area contributed by atoms with E-state index >= 15 is 0 Å². The van der Waals surface area contributed by atoms with Gasteiger partial charge in [0.15, 0.2) is 0 Å². The Morgan fingerprint density at radius 2 is 0.808 bits per heavy atom. The van der Waals surface area contributed by atoms with Gasteiger partial charge in [-0.05, 0) is 12.8 Å². The van der Waals surface area contributed by atoms with Crippen molar-refractivity contribution in [1.29, 1.82) is 0 Å². The molecule has 0 saturated heterocycles. The first-order valence-electron chi connectivity index (χ1n) is 11.1. The molecule has 154 valence electrons.